The highest BCUT2D eigenvalue weighted by Gasteiger charge is 2.47. The van der Waals surface area contributed by atoms with Gasteiger partial charge in [0, 0.05) is 33.9 Å². The number of hydrogen-bond acceptors (Lipinski definition) is 6. The maximum Gasteiger partial charge on any atom is 0.137 e. The molecule has 0 amide bonds. The molecule has 1 unspecified atom stereocenters. The number of rotatable bonds is 4. The van der Waals surface area contributed by atoms with Gasteiger partial charge in [-0.05, 0) is 121 Å². The van der Waals surface area contributed by atoms with E-state index in [1.807, 2.05) is 37.4 Å². The number of fused-ring (bicyclic) bond motifs is 7. The molecule has 4 heterocycles. The van der Waals surface area contributed by atoms with E-state index in [-0.39, 0.29) is 5.41 Å². The van der Waals surface area contributed by atoms with Gasteiger partial charge >= 0.3 is 0 Å². The van der Waals surface area contributed by atoms with E-state index < -0.39 is 0 Å². The zero-order valence-electron chi connectivity index (χ0n) is 26.5. The van der Waals surface area contributed by atoms with Crippen LogP contribution >= 0.6 is 11.7 Å². The van der Waals surface area contributed by atoms with Crippen LogP contribution in [0.3, 0.4) is 0 Å². The van der Waals surface area contributed by atoms with Crippen LogP contribution in [0.1, 0.15) is 33.6 Å². The van der Waals surface area contributed by atoms with E-state index in [9.17, 15) is 0 Å². The Labute approximate surface area is 281 Å². The molecule has 4 aromatic carbocycles. The molecule has 0 saturated heterocycles. The summed E-state index contributed by atoms with van der Waals surface area (Å²) in [4.78, 5) is 4.63. The van der Waals surface area contributed by atoms with Crippen LogP contribution < -0.4 is 0 Å². The van der Waals surface area contributed by atoms with Crippen LogP contribution in [0.5, 0.6) is 0 Å². The first-order valence-electron chi connectivity index (χ1n) is 16.3. The Kier molecular flexibility index (Phi) is 5.85. The highest BCUT2D eigenvalue weighted by Crippen LogP contribution is 2.56. The molecule has 0 N–H and O–H groups in total. The summed E-state index contributed by atoms with van der Waals surface area (Å²) < 4.78 is 21.8. The van der Waals surface area contributed by atoms with Crippen molar-refractivity contribution in [1.29, 1.82) is 0 Å². The van der Waals surface area contributed by atoms with Crippen molar-refractivity contribution in [3.8, 4) is 56.4 Å². The number of aryl methyl sites for hydroxylation is 2. The second kappa shape index (κ2) is 10.2. The van der Waals surface area contributed by atoms with Crippen molar-refractivity contribution in [3.05, 3.63) is 149 Å². The molecule has 4 aromatic heterocycles. The Morgan fingerprint density at radius 1 is 0.583 bits per heavy atom. The van der Waals surface area contributed by atoms with Crippen molar-refractivity contribution in [2.75, 3.05) is 0 Å². The van der Waals surface area contributed by atoms with Gasteiger partial charge in [-0.2, -0.15) is 8.75 Å². The van der Waals surface area contributed by atoms with Gasteiger partial charge in [0.25, 0.3) is 0 Å². The molecule has 0 radical (unpaired) electrons. The molecule has 48 heavy (non-hydrogen) atoms. The molecule has 1 spiro atoms. The second-order valence-corrected chi connectivity index (χ2v) is 13.7. The number of benzene rings is 4. The summed E-state index contributed by atoms with van der Waals surface area (Å²) in [6.07, 6.45) is 3.79. The van der Waals surface area contributed by atoms with E-state index in [2.05, 4.69) is 106 Å². The lowest BCUT2D eigenvalue weighted by atomic mass is 9.75. The molecular formula is C42H29N3O2S. The predicted molar refractivity (Wildman–Crippen MR) is 191 cm³/mol. The Morgan fingerprint density at radius 2 is 1.27 bits per heavy atom. The normalized spacial score (nSPS) is 16.0. The molecule has 5 nitrogen and oxygen atoms in total. The Hall–Kier alpha value is -5.59. The van der Waals surface area contributed by atoms with Gasteiger partial charge in [0.05, 0.1) is 17.4 Å². The molecule has 0 saturated carbocycles. The molecule has 2 aliphatic rings. The lowest BCUT2D eigenvalue weighted by Crippen LogP contribution is -2.26. The first kappa shape index (κ1) is 27.5. The van der Waals surface area contributed by atoms with Crippen LogP contribution in [0, 0.1) is 13.8 Å². The summed E-state index contributed by atoms with van der Waals surface area (Å²) in [5, 5.41) is 0. The third kappa shape index (κ3) is 4.06. The van der Waals surface area contributed by atoms with E-state index >= 15 is 0 Å². The van der Waals surface area contributed by atoms with Gasteiger partial charge in [0.15, 0.2) is 0 Å². The summed E-state index contributed by atoms with van der Waals surface area (Å²) in [5.41, 5.74) is 16.2. The SMILES string of the molecule is Cc1ccc2c(c1)C1(Cc3ccc(-c4ccccn4)cc3C1)c1cc(-c3ccc(-c4ccc(-c5ccc(C)o5)c5nsnc45)o3)ccc1-2. The van der Waals surface area contributed by atoms with E-state index in [4.69, 9.17) is 8.83 Å². The van der Waals surface area contributed by atoms with Crippen molar-refractivity contribution in [2.24, 2.45) is 0 Å². The standard InChI is InChI=1S/C42H29N3O2S/c1-24-6-11-30-31-12-10-27(37-16-17-39(47-37)33-14-13-32(38-15-7-25(2)46-38)40-41(33)45-48-44-40)21-35(31)42(34(30)19-24)22-28-9-8-26(20-29(28)23-42)36-5-3-4-18-43-36/h3-21H,22-23H2,1-2H3. The number of nitrogens with zero attached hydrogens (tertiary/aromatic N) is 3. The molecule has 2 aliphatic carbocycles. The van der Waals surface area contributed by atoms with Crippen molar-refractivity contribution in [2.45, 2.75) is 32.1 Å². The van der Waals surface area contributed by atoms with Gasteiger partial charge in [0.2, 0.25) is 0 Å². The maximum atomic E-state index is 6.62. The maximum absolute atomic E-state index is 6.62. The molecule has 0 aliphatic heterocycles. The number of furan rings is 2. The minimum Gasteiger partial charge on any atom is -0.461 e. The lowest BCUT2D eigenvalue weighted by molar-refractivity contribution is 0.549. The van der Waals surface area contributed by atoms with Gasteiger partial charge in [0.1, 0.15) is 34.1 Å². The zero-order valence-corrected chi connectivity index (χ0v) is 27.3. The monoisotopic (exact) mass is 639 g/mol. The quantitative estimate of drug-likeness (QED) is 0.192. The molecule has 8 aromatic rings. The zero-order chi connectivity index (χ0) is 32.0. The summed E-state index contributed by atoms with van der Waals surface area (Å²) in [7, 11) is 0. The first-order chi connectivity index (χ1) is 23.5. The van der Waals surface area contributed by atoms with Crippen LogP contribution in [-0.2, 0) is 18.3 Å². The molecule has 0 fully saturated rings. The molecule has 10 rings (SSSR count). The summed E-state index contributed by atoms with van der Waals surface area (Å²) in [6, 6.07) is 39.0. The molecular weight excluding hydrogens is 611 g/mol. The second-order valence-electron chi connectivity index (χ2n) is 13.1. The smallest absolute Gasteiger partial charge is 0.137 e. The molecule has 230 valence electrons. The van der Waals surface area contributed by atoms with Gasteiger partial charge in [-0.1, -0.05) is 54.1 Å². The Bertz CT molecular complexity index is 2560. The number of hydrogen-bond donors (Lipinski definition) is 0. The van der Waals surface area contributed by atoms with Crippen molar-refractivity contribution >= 4 is 22.8 Å². The topological polar surface area (TPSA) is 65.0 Å². The van der Waals surface area contributed by atoms with E-state index in [1.165, 1.54) is 56.2 Å². The third-order valence-electron chi connectivity index (χ3n) is 10.2. The fourth-order valence-electron chi connectivity index (χ4n) is 7.99. The van der Waals surface area contributed by atoms with Crippen molar-refractivity contribution in [1.82, 2.24) is 13.7 Å². The van der Waals surface area contributed by atoms with E-state index in [0.717, 1.165) is 69.3 Å². The predicted octanol–water partition coefficient (Wildman–Crippen LogP) is 10.6. The van der Waals surface area contributed by atoms with Crippen molar-refractivity contribution in [3.63, 3.8) is 0 Å². The third-order valence-corrected chi connectivity index (χ3v) is 10.8. The summed E-state index contributed by atoms with van der Waals surface area (Å²) in [6.45, 7) is 4.15. The van der Waals surface area contributed by atoms with Gasteiger partial charge in [-0.25, -0.2) is 0 Å². The van der Waals surface area contributed by atoms with Crippen molar-refractivity contribution < 1.29 is 8.83 Å². The summed E-state index contributed by atoms with van der Waals surface area (Å²) in [5.74, 6) is 3.27. The molecule has 1 atom stereocenters. The van der Waals surface area contributed by atoms with Crippen LogP contribution in [-0.4, -0.2) is 13.7 Å². The lowest BCUT2D eigenvalue weighted by Gasteiger charge is -2.27. The highest BCUT2D eigenvalue weighted by atomic mass is 32.1. The summed E-state index contributed by atoms with van der Waals surface area (Å²) >= 11 is 1.21. The van der Waals surface area contributed by atoms with Gasteiger partial charge < -0.3 is 8.83 Å². The van der Waals surface area contributed by atoms with Gasteiger partial charge in [-0.15, -0.1) is 0 Å². The average Bonchev–Trinajstić information content (AvgIpc) is 3.96. The first-order valence-corrected chi connectivity index (χ1v) is 17.0. The highest BCUT2D eigenvalue weighted by molar-refractivity contribution is 7.00. The Balaban J connectivity index is 1.06. The average molecular weight is 640 g/mol. The largest absolute Gasteiger partial charge is 0.461 e. The van der Waals surface area contributed by atoms with E-state index in [1.54, 1.807) is 0 Å². The molecule has 0 bridgehead atoms. The van der Waals surface area contributed by atoms with Crippen LogP contribution in [0.4, 0.5) is 0 Å². The van der Waals surface area contributed by atoms with Crippen LogP contribution in [0.25, 0.3) is 67.4 Å². The van der Waals surface area contributed by atoms with E-state index in [0.29, 0.717) is 0 Å². The molecule has 6 heteroatoms. The van der Waals surface area contributed by atoms with Crippen LogP contribution in [0.15, 0.2) is 124 Å². The Morgan fingerprint density at radius 3 is 2.04 bits per heavy atom. The fraction of sp³-hybridized carbons (Fsp3) is 0.119. The van der Waals surface area contributed by atoms with Gasteiger partial charge in [-0.3, -0.25) is 4.98 Å². The number of pyridine rings is 1. The minimum absolute atomic E-state index is 0.133. The minimum atomic E-state index is -0.133. The number of aromatic nitrogens is 3. The van der Waals surface area contributed by atoms with Crippen LogP contribution in [0.2, 0.25) is 0 Å². The fourth-order valence-corrected chi connectivity index (χ4v) is 8.57.